The molecule has 0 spiro atoms. The van der Waals surface area contributed by atoms with Crippen LogP contribution in [0.4, 0.5) is 0 Å². The van der Waals surface area contributed by atoms with Crippen LogP contribution in [0.2, 0.25) is 0 Å². The lowest BCUT2D eigenvalue weighted by molar-refractivity contribution is 0.414. The molecule has 2 heteroatoms. The summed E-state index contributed by atoms with van der Waals surface area (Å²) in [7, 11) is 1.71. The molecule has 0 heterocycles. The number of ether oxygens (including phenoxy) is 1. The van der Waals surface area contributed by atoms with Crippen molar-refractivity contribution in [2.75, 3.05) is 7.11 Å². The topological polar surface area (TPSA) is 21.3 Å². The first kappa shape index (κ1) is 12.4. The summed E-state index contributed by atoms with van der Waals surface area (Å²) < 4.78 is 5.16. The van der Waals surface area contributed by atoms with Crippen LogP contribution in [-0.2, 0) is 6.54 Å². The first-order valence-electron chi connectivity index (χ1n) is 6.68. The maximum Gasteiger partial charge on any atom is 0.118 e. The summed E-state index contributed by atoms with van der Waals surface area (Å²) in [6.45, 7) is 3.28. The molecule has 1 fully saturated rings. The van der Waals surface area contributed by atoms with Crippen LogP contribution in [0.5, 0.6) is 5.75 Å². The Kier molecular flexibility index (Phi) is 4.43. The summed E-state index contributed by atoms with van der Waals surface area (Å²) in [6, 6.07) is 9.05. The van der Waals surface area contributed by atoms with Gasteiger partial charge in [0.25, 0.3) is 0 Å². The van der Waals surface area contributed by atoms with Gasteiger partial charge in [0.2, 0.25) is 0 Å². The molecule has 0 radical (unpaired) electrons. The van der Waals surface area contributed by atoms with Gasteiger partial charge < -0.3 is 10.1 Å². The Hall–Kier alpha value is -1.02. The zero-order chi connectivity index (χ0) is 12.1. The fourth-order valence-electron chi connectivity index (χ4n) is 2.64. The summed E-state index contributed by atoms with van der Waals surface area (Å²) in [4.78, 5) is 0. The SMILES string of the molecule is CCC1CCC(NCc2ccc(OC)cc2)C1. The van der Waals surface area contributed by atoms with E-state index in [1.807, 2.05) is 12.1 Å². The van der Waals surface area contributed by atoms with Gasteiger partial charge in [0.15, 0.2) is 0 Å². The quantitative estimate of drug-likeness (QED) is 0.842. The molecule has 2 atom stereocenters. The van der Waals surface area contributed by atoms with Crippen LogP contribution in [0.15, 0.2) is 24.3 Å². The van der Waals surface area contributed by atoms with Crippen LogP contribution in [-0.4, -0.2) is 13.2 Å². The van der Waals surface area contributed by atoms with Gasteiger partial charge in [0.1, 0.15) is 5.75 Å². The molecule has 1 aromatic rings. The average Bonchev–Trinajstić information content (AvgIpc) is 2.85. The van der Waals surface area contributed by atoms with Crippen molar-refractivity contribution in [2.45, 2.75) is 45.2 Å². The molecule has 2 nitrogen and oxygen atoms in total. The Morgan fingerprint density at radius 2 is 2.00 bits per heavy atom. The van der Waals surface area contributed by atoms with Gasteiger partial charge >= 0.3 is 0 Å². The Balaban J connectivity index is 1.78. The lowest BCUT2D eigenvalue weighted by Gasteiger charge is -2.13. The standard InChI is InChI=1S/C15H23NO/c1-3-12-4-7-14(10-12)16-11-13-5-8-15(17-2)9-6-13/h5-6,8-9,12,14,16H,3-4,7,10-11H2,1-2H3. The Morgan fingerprint density at radius 1 is 1.24 bits per heavy atom. The number of hydrogen-bond acceptors (Lipinski definition) is 2. The second-order valence-electron chi connectivity index (χ2n) is 5.01. The van der Waals surface area contributed by atoms with Gasteiger partial charge in [0, 0.05) is 12.6 Å². The third-order valence-electron chi connectivity index (χ3n) is 3.87. The van der Waals surface area contributed by atoms with E-state index in [1.54, 1.807) is 7.11 Å². The highest BCUT2D eigenvalue weighted by atomic mass is 16.5. The van der Waals surface area contributed by atoms with Gasteiger partial charge in [-0.15, -0.1) is 0 Å². The monoisotopic (exact) mass is 233 g/mol. The van der Waals surface area contributed by atoms with E-state index in [0.717, 1.165) is 24.3 Å². The van der Waals surface area contributed by atoms with Gasteiger partial charge in [-0.3, -0.25) is 0 Å². The molecule has 2 unspecified atom stereocenters. The van der Waals surface area contributed by atoms with E-state index in [-0.39, 0.29) is 0 Å². The van der Waals surface area contributed by atoms with Gasteiger partial charge in [-0.25, -0.2) is 0 Å². The van der Waals surface area contributed by atoms with Crippen LogP contribution >= 0.6 is 0 Å². The van der Waals surface area contributed by atoms with Gasteiger partial charge in [-0.1, -0.05) is 25.5 Å². The van der Waals surface area contributed by atoms with E-state index in [9.17, 15) is 0 Å². The molecule has 0 bridgehead atoms. The van der Waals surface area contributed by atoms with E-state index < -0.39 is 0 Å². The lowest BCUT2D eigenvalue weighted by Crippen LogP contribution is -2.25. The summed E-state index contributed by atoms with van der Waals surface area (Å²) in [5.74, 6) is 1.88. The van der Waals surface area contributed by atoms with Crippen molar-refractivity contribution in [3.05, 3.63) is 29.8 Å². The molecule has 2 rings (SSSR count). The highest BCUT2D eigenvalue weighted by molar-refractivity contribution is 5.27. The number of nitrogens with one attached hydrogen (secondary N) is 1. The van der Waals surface area contributed by atoms with Gasteiger partial charge in [0.05, 0.1) is 7.11 Å². The van der Waals surface area contributed by atoms with Crippen molar-refractivity contribution < 1.29 is 4.74 Å². The smallest absolute Gasteiger partial charge is 0.118 e. The maximum absolute atomic E-state index is 5.16. The Labute approximate surface area is 104 Å². The van der Waals surface area contributed by atoms with Crippen molar-refractivity contribution in [3.8, 4) is 5.75 Å². The van der Waals surface area contributed by atoms with Crippen molar-refractivity contribution >= 4 is 0 Å². The van der Waals surface area contributed by atoms with Crippen LogP contribution in [0.1, 0.15) is 38.2 Å². The number of methoxy groups -OCH3 is 1. The minimum Gasteiger partial charge on any atom is -0.497 e. The largest absolute Gasteiger partial charge is 0.497 e. The molecule has 1 aliphatic rings. The van der Waals surface area contributed by atoms with Gasteiger partial charge in [-0.2, -0.15) is 0 Å². The molecule has 0 aliphatic heterocycles. The van der Waals surface area contributed by atoms with E-state index >= 15 is 0 Å². The van der Waals surface area contributed by atoms with Crippen molar-refractivity contribution in [1.82, 2.24) is 5.32 Å². The highest BCUT2D eigenvalue weighted by Gasteiger charge is 2.22. The molecule has 0 saturated heterocycles. The molecule has 94 valence electrons. The van der Waals surface area contributed by atoms with E-state index in [2.05, 4.69) is 24.4 Å². The van der Waals surface area contributed by atoms with Crippen LogP contribution in [0.25, 0.3) is 0 Å². The van der Waals surface area contributed by atoms with Crippen LogP contribution in [0, 0.1) is 5.92 Å². The molecular formula is C15H23NO. The molecule has 1 N–H and O–H groups in total. The lowest BCUT2D eigenvalue weighted by atomic mass is 10.1. The highest BCUT2D eigenvalue weighted by Crippen LogP contribution is 2.28. The first-order valence-corrected chi connectivity index (χ1v) is 6.68. The summed E-state index contributed by atoms with van der Waals surface area (Å²) in [6.07, 6.45) is 5.43. The molecule has 0 aromatic heterocycles. The zero-order valence-electron chi connectivity index (χ0n) is 10.9. The predicted molar refractivity (Wildman–Crippen MR) is 71.3 cm³/mol. The normalized spacial score (nSPS) is 23.9. The second-order valence-corrected chi connectivity index (χ2v) is 5.01. The van der Waals surface area contributed by atoms with Gasteiger partial charge in [-0.05, 0) is 42.9 Å². The average molecular weight is 233 g/mol. The minimum absolute atomic E-state index is 0.724. The minimum atomic E-state index is 0.724. The molecule has 1 aromatic carbocycles. The van der Waals surface area contributed by atoms with E-state index in [0.29, 0.717) is 0 Å². The fourth-order valence-corrected chi connectivity index (χ4v) is 2.64. The molecule has 0 amide bonds. The summed E-state index contributed by atoms with van der Waals surface area (Å²) in [5.41, 5.74) is 1.34. The van der Waals surface area contributed by atoms with E-state index in [4.69, 9.17) is 4.74 Å². The predicted octanol–water partition coefficient (Wildman–Crippen LogP) is 3.36. The maximum atomic E-state index is 5.16. The number of hydrogen-bond donors (Lipinski definition) is 1. The molecule has 17 heavy (non-hydrogen) atoms. The number of benzene rings is 1. The van der Waals surface area contributed by atoms with E-state index in [1.165, 1.54) is 31.2 Å². The van der Waals surface area contributed by atoms with Crippen LogP contribution in [0.3, 0.4) is 0 Å². The van der Waals surface area contributed by atoms with Crippen molar-refractivity contribution in [1.29, 1.82) is 0 Å². The van der Waals surface area contributed by atoms with Crippen molar-refractivity contribution in [2.24, 2.45) is 5.92 Å². The summed E-state index contributed by atoms with van der Waals surface area (Å²) in [5, 5.41) is 3.66. The first-order chi connectivity index (χ1) is 8.31. The molecule has 1 aliphatic carbocycles. The zero-order valence-corrected chi connectivity index (χ0v) is 10.9. The number of rotatable bonds is 5. The third kappa shape index (κ3) is 3.47. The Bertz CT molecular complexity index is 333. The molecular weight excluding hydrogens is 210 g/mol. The summed E-state index contributed by atoms with van der Waals surface area (Å²) >= 11 is 0. The Morgan fingerprint density at radius 3 is 2.59 bits per heavy atom. The fraction of sp³-hybridized carbons (Fsp3) is 0.600. The second kappa shape index (κ2) is 6.06. The molecule has 1 saturated carbocycles. The third-order valence-corrected chi connectivity index (χ3v) is 3.87. The van der Waals surface area contributed by atoms with Crippen LogP contribution < -0.4 is 10.1 Å². The van der Waals surface area contributed by atoms with Crippen molar-refractivity contribution in [3.63, 3.8) is 0 Å².